The van der Waals surface area contributed by atoms with Gasteiger partial charge in [0.25, 0.3) is 0 Å². The van der Waals surface area contributed by atoms with Crippen LogP contribution in [0.3, 0.4) is 0 Å². The lowest BCUT2D eigenvalue weighted by atomic mass is 9.99. The van der Waals surface area contributed by atoms with E-state index in [1.807, 2.05) is 59.8 Å². The number of hydrogen-bond donors (Lipinski definition) is 1. The van der Waals surface area contributed by atoms with Crippen LogP contribution in [-0.4, -0.2) is 38.8 Å². The zero-order chi connectivity index (χ0) is 22.6. The van der Waals surface area contributed by atoms with Crippen molar-refractivity contribution in [2.75, 3.05) is 13.1 Å². The number of ether oxygens (including phenoxy) is 1. The number of aryl methyl sites for hydroxylation is 1. The molecule has 0 bridgehead atoms. The first-order valence-electron chi connectivity index (χ1n) is 10.9. The fraction of sp³-hybridized carbons (Fsp3) is 0.192. The number of hydrogen-bond acceptors (Lipinski definition) is 5. The Hall–Kier alpha value is -3.71. The molecule has 3 aromatic heterocycles. The van der Waals surface area contributed by atoms with Crippen LogP contribution in [0.2, 0.25) is 0 Å². The maximum atomic E-state index is 12.8. The number of nitrogens with zero attached hydrogens (tertiary/aromatic N) is 3. The standard InChI is InChI=1S/C26H24N4O2S/c1-18-29-21(17-33-18)16-32-24-7-3-2-5-20(24)8-9-25(31)30-13-10-19(11-14-30)23-15-28-26-22(23)6-4-12-27-26/h2-10,12,15,17H,11,13-14,16H2,1H3,(H,27,28). The third-order valence-electron chi connectivity index (χ3n) is 5.68. The van der Waals surface area contributed by atoms with Gasteiger partial charge in [0.1, 0.15) is 18.0 Å². The van der Waals surface area contributed by atoms with Crippen molar-refractivity contribution in [1.29, 1.82) is 0 Å². The van der Waals surface area contributed by atoms with Gasteiger partial charge in [-0.25, -0.2) is 9.97 Å². The molecule has 0 spiro atoms. The summed E-state index contributed by atoms with van der Waals surface area (Å²) in [4.78, 5) is 26.7. The zero-order valence-electron chi connectivity index (χ0n) is 18.3. The molecule has 6 nitrogen and oxygen atoms in total. The van der Waals surface area contributed by atoms with Crippen LogP contribution in [0, 0.1) is 6.92 Å². The van der Waals surface area contributed by atoms with E-state index in [9.17, 15) is 4.79 Å². The summed E-state index contributed by atoms with van der Waals surface area (Å²) in [5.41, 5.74) is 5.09. The van der Waals surface area contributed by atoms with Crippen molar-refractivity contribution in [3.63, 3.8) is 0 Å². The number of amides is 1. The molecule has 1 N–H and O–H groups in total. The van der Waals surface area contributed by atoms with Crippen LogP contribution in [0.15, 0.2) is 66.3 Å². The number of thiazole rings is 1. The molecule has 1 aromatic carbocycles. The van der Waals surface area contributed by atoms with E-state index in [2.05, 4.69) is 27.1 Å². The van der Waals surface area contributed by atoms with E-state index in [4.69, 9.17) is 4.74 Å². The van der Waals surface area contributed by atoms with E-state index in [1.165, 1.54) is 11.1 Å². The number of para-hydroxylation sites is 1. The molecule has 0 saturated carbocycles. The lowest BCUT2D eigenvalue weighted by Gasteiger charge is -2.25. The largest absolute Gasteiger partial charge is 0.487 e. The molecule has 1 amide bonds. The highest BCUT2D eigenvalue weighted by atomic mass is 32.1. The molecule has 0 unspecified atom stereocenters. The summed E-state index contributed by atoms with van der Waals surface area (Å²) >= 11 is 1.61. The molecule has 166 valence electrons. The predicted octanol–water partition coefficient (Wildman–Crippen LogP) is 5.24. The minimum Gasteiger partial charge on any atom is -0.487 e. The molecular weight excluding hydrogens is 432 g/mol. The summed E-state index contributed by atoms with van der Waals surface area (Å²) in [5, 5.41) is 4.14. The van der Waals surface area contributed by atoms with E-state index in [0.717, 1.165) is 39.5 Å². The number of carbonyl (C=O) groups is 1. The van der Waals surface area contributed by atoms with Gasteiger partial charge in [-0.1, -0.05) is 24.3 Å². The summed E-state index contributed by atoms with van der Waals surface area (Å²) in [6, 6.07) is 11.8. The van der Waals surface area contributed by atoms with Gasteiger partial charge in [-0.05, 0) is 43.2 Å². The second kappa shape index (κ2) is 9.42. The summed E-state index contributed by atoms with van der Waals surface area (Å²) < 4.78 is 5.96. The van der Waals surface area contributed by atoms with Gasteiger partial charge in [-0.3, -0.25) is 4.79 Å². The number of benzene rings is 1. The highest BCUT2D eigenvalue weighted by Gasteiger charge is 2.18. The average molecular weight is 457 g/mol. The van der Waals surface area contributed by atoms with Gasteiger partial charge in [0, 0.05) is 53.5 Å². The first-order chi connectivity index (χ1) is 16.2. The molecule has 7 heteroatoms. The first kappa shape index (κ1) is 21.2. The van der Waals surface area contributed by atoms with E-state index >= 15 is 0 Å². The fourth-order valence-electron chi connectivity index (χ4n) is 3.98. The molecule has 4 heterocycles. The third kappa shape index (κ3) is 4.73. The van der Waals surface area contributed by atoms with Crippen molar-refractivity contribution in [3.8, 4) is 5.75 Å². The Bertz CT molecular complexity index is 1350. The van der Waals surface area contributed by atoms with Gasteiger partial charge in [-0.2, -0.15) is 0 Å². The van der Waals surface area contributed by atoms with Gasteiger partial charge in [0.05, 0.1) is 10.7 Å². The van der Waals surface area contributed by atoms with Crippen LogP contribution in [0.5, 0.6) is 5.75 Å². The number of pyridine rings is 1. The predicted molar refractivity (Wildman–Crippen MR) is 132 cm³/mol. The Labute approximate surface area is 196 Å². The van der Waals surface area contributed by atoms with Gasteiger partial charge < -0.3 is 14.6 Å². The molecular formula is C26H24N4O2S. The van der Waals surface area contributed by atoms with Crippen LogP contribution >= 0.6 is 11.3 Å². The number of carbonyl (C=O) groups excluding carboxylic acids is 1. The van der Waals surface area contributed by atoms with Crippen LogP contribution in [0.4, 0.5) is 0 Å². The van der Waals surface area contributed by atoms with Crippen LogP contribution in [-0.2, 0) is 11.4 Å². The zero-order valence-corrected chi connectivity index (χ0v) is 19.1. The Kier molecular flexibility index (Phi) is 6.04. The molecule has 5 rings (SSSR count). The summed E-state index contributed by atoms with van der Waals surface area (Å²) in [7, 11) is 0. The number of nitrogens with one attached hydrogen (secondary N) is 1. The topological polar surface area (TPSA) is 71.1 Å². The molecule has 4 aromatic rings. The number of fused-ring (bicyclic) bond motifs is 1. The van der Waals surface area contributed by atoms with E-state index in [-0.39, 0.29) is 5.91 Å². The Morgan fingerprint density at radius 2 is 2.18 bits per heavy atom. The Morgan fingerprint density at radius 1 is 1.27 bits per heavy atom. The van der Waals surface area contributed by atoms with Crippen LogP contribution < -0.4 is 4.74 Å². The lowest BCUT2D eigenvalue weighted by Crippen LogP contribution is -2.33. The summed E-state index contributed by atoms with van der Waals surface area (Å²) in [6.45, 7) is 3.66. The summed E-state index contributed by atoms with van der Waals surface area (Å²) in [6.07, 6.45) is 10.2. The number of rotatable bonds is 6. The third-order valence-corrected chi connectivity index (χ3v) is 6.51. The molecule has 0 radical (unpaired) electrons. The minimum absolute atomic E-state index is 0.00387. The SMILES string of the molecule is Cc1nc(COc2ccccc2C=CC(=O)N2CC=C(c3c[nH]c4ncccc34)CC2)cs1. The van der Waals surface area contributed by atoms with Crippen molar-refractivity contribution in [2.24, 2.45) is 0 Å². The lowest BCUT2D eigenvalue weighted by molar-refractivity contribution is -0.125. The monoisotopic (exact) mass is 456 g/mol. The van der Waals surface area contributed by atoms with Crippen molar-refractivity contribution in [1.82, 2.24) is 19.9 Å². The highest BCUT2D eigenvalue weighted by molar-refractivity contribution is 7.09. The van der Waals surface area contributed by atoms with Crippen molar-refractivity contribution in [3.05, 3.63) is 88.2 Å². The van der Waals surface area contributed by atoms with Gasteiger partial charge >= 0.3 is 0 Å². The molecule has 0 saturated heterocycles. The number of aromatic amines is 1. The number of aromatic nitrogens is 3. The van der Waals surface area contributed by atoms with Crippen LogP contribution in [0.1, 0.15) is 28.2 Å². The Balaban J connectivity index is 1.24. The fourth-order valence-corrected chi connectivity index (χ4v) is 4.58. The molecule has 1 aliphatic heterocycles. The van der Waals surface area contributed by atoms with Gasteiger partial charge in [0.2, 0.25) is 5.91 Å². The van der Waals surface area contributed by atoms with Crippen molar-refractivity contribution < 1.29 is 9.53 Å². The normalized spacial score (nSPS) is 14.1. The second-order valence-electron chi connectivity index (χ2n) is 7.88. The average Bonchev–Trinajstić information content (AvgIpc) is 3.48. The van der Waals surface area contributed by atoms with Crippen LogP contribution in [0.25, 0.3) is 22.7 Å². The van der Waals surface area contributed by atoms with E-state index in [0.29, 0.717) is 19.7 Å². The molecule has 0 atom stereocenters. The van der Waals surface area contributed by atoms with Crippen molar-refractivity contribution in [2.45, 2.75) is 20.0 Å². The second-order valence-corrected chi connectivity index (χ2v) is 8.95. The molecule has 1 aliphatic rings. The van der Waals surface area contributed by atoms with Gasteiger partial charge in [-0.15, -0.1) is 11.3 Å². The van der Waals surface area contributed by atoms with E-state index < -0.39 is 0 Å². The van der Waals surface area contributed by atoms with Crippen molar-refractivity contribution >= 4 is 39.9 Å². The maximum Gasteiger partial charge on any atom is 0.246 e. The number of H-pyrrole nitrogens is 1. The molecule has 0 aliphatic carbocycles. The minimum atomic E-state index is -0.00387. The first-order valence-corrected chi connectivity index (χ1v) is 11.8. The quantitative estimate of drug-likeness (QED) is 0.403. The highest BCUT2D eigenvalue weighted by Crippen LogP contribution is 2.28. The smallest absolute Gasteiger partial charge is 0.246 e. The van der Waals surface area contributed by atoms with Gasteiger partial charge in [0.15, 0.2) is 0 Å². The summed E-state index contributed by atoms with van der Waals surface area (Å²) in [5.74, 6) is 0.733. The van der Waals surface area contributed by atoms with E-state index in [1.54, 1.807) is 23.6 Å². The molecule has 0 fully saturated rings. The maximum absolute atomic E-state index is 12.8. The Morgan fingerprint density at radius 3 is 3.00 bits per heavy atom. The molecule has 33 heavy (non-hydrogen) atoms.